The Kier molecular flexibility index (Phi) is 23.2. The number of benzene rings is 2. The van der Waals surface area contributed by atoms with E-state index in [1.165, 1.54) is 30.1 Å². The highest BCUT2D eigenvalue weighted by molar-refractivity contribution is 6.12. The van der Waals surface area contributed by atoms with Crippen LogP contribution in [0.1, 0.15) is 123 Å². The summed E-state index contributed by atoms with van der Waals surface area (Å²) in [5.74, 6) is -7.76. The van der Waals surface area contributed by atoms with Crippen molar-refractivity contribution in [1.82, 2.24) is 41.0 Å². The maximum absolute atomic E-state index is 15.2. The molecule has 1 aliphatic heterocycles. The largest absolute Gasteiger partial charge is 0.480 e. The Labute approximate surface area is 465 Å². The molecule has 1 saturated carbocycles. The van der Waals surface area contributed by atoms with Crippen LogP contribution in [0.5, 0.6) is 0 Å². The second kappa shape index (κ2) is 29.5. The fraction of sp³-hybridized carbons (Fsp3) is 0.500. The minimum absolute atomic E-state index is 0.00569. The van der Waals surface area contributed by atoms with Crippen molar-refractivity contribution in [2.24, 2.45) is 23.0 Å². The minimum atomic E-state index is -1.31. The monoisotopic (exact) mass is 1110 g/mol. The summed E-state index contributed by atoms with van der Waals surface area (Å²) in [7, 11) is 0. The normalized spacial score (nSPS) is 16.9. The number of amides is 8. The van der Waals surface area contributed by atoms with Gasteiger partial charge in [-0.25, -0.2) is 13.6 Å². The molecule has 22 heteroatoms. The zero-order chi connectivity index (χ0) is 58.8. The van der Waals surface area contributed by atoms with Gasteiger partial charge < -0.3 is 52.0 Å². The Morgan fingerprint density at radius 1 is 0.863 bits per heavy atom. The molecule has 8 amide bonds. The predicted molar refractivity (Wildman–Crippen MR) is 293 cm³/mol. The number of carbonyl (C=O) groups excluding carboxylic acids is 8. The van der Waals surface area contributed by atoms with E-state index < -0.39 is 95.3 Å². The number of nitrogens with zero attached hydrogens (tertiary/aromatic N) is 3. The zero-order valence-electron chi connectivity index (χ0n) is 46.4. The van der Waals surface area contributed by atoms with Gasteiger partial charge in [-0.15, -0.1) is 0 Å². The molecule has 1 fully saturated rings. The first-order valence-electron chi connectivity index (χ1n) is 27.2. The maximum atomic E-state index is 15.2. The smallest absolute Gasteiger partial charge is 0.326 e. The van der Waals surface area contributed by atoms with Gasteiger partial charge in [0, 0.05) is 73.8 Å². The number of halogens is 2. The first kappa shape index (κ1) is 63.1. The third-order valence-corrected chi connectivity index (χ3v) is 14.2. The number of hydrogen-bond acceptors (Lipinski definition) is 11. The van der Waals surface area contributed by atoms with Crippen LogP contribution in [0.15, 0.2) is 84.7 Å². The molecule has 5 rings (SSSR count). The van der Waals surface area contributed by atoms with Crippen LogP contribution < -0.4 is 32.3 Å². The molecule has 6 atom stereocenters. The molecule has 1 aliphatic carbocycles. The van der Waals surface area contributed by atoms with Gasteiger partial charge in [0.25, 0.3) is 17.7 Å². The van der Waals surface area contributed by atoms with Gasteiger partial charge in [0.1, 0.15) is 36.4 Å². The highest BCUT2D eigenvalue weighted by atomic mass is 19.1. The highest BCUT2D eigenvalue weighted by Crippen LogP contribution is 2.41. The van der Waals surface area contributed by atoms with Crippen LogP contribution in [-0.2, 0) is 49.7 Å². The van der Waals surface area contributed by atoms with Gasteiger partial charge in [0.05, 0.1) is 17.7 Å². The molecular formula is C58H77F2N9O11. The van der Waals surface area contributed by atoms with E-state index in [1.54, 1.807) is 26.1 Å². The number of carbonyl (C=O) groups is 9. The lowest BCUT2D eigenvalue weighted by atomic mass is 9.83. The Morgan fingerprint density at radius 2 is 1.56 bits per heavy atom. The fourth-order valence-electron chi connectivity index (χ4n) is 9.94. The van der Waals surface area contributed by atoms with Crippen molar-refractivity contribution in [1.29, 1.82) is 0 Å². The molecule has 2 heterocycles. The molecule has 20 nitrogen and oxygen atoms in total. The molecule has 9 N–H and O–H groups in total. The fourth-order valence-corrected chi connectivity index (χ4v) is 9.94. The van der Waals surface area contributed by atoms with Crippen LogP contribution in [0.3, 0.4) is 0 Å². The average Bonchev–Trinajstić information content (AvgIpc) is 4.19. The van der Waals surface area contributed by atoms with Gasteiger partial charge in [0.2, 0.25) is 29.5 Å². The SMILES string of the molecule is CC(C)[C@H](NC(=O)CCCCCN1C(=O)C=CC1=O)C(=O)N[C@@H](C)C(=O)N[C@@H](CCCCNC(=O)[C@@H]1CCC[C@@H]1NC(=O)/C(N)=C\CN(C(=O)CO)[C@@H](c1cc(-c2cc(F)ccc2F)cn1Cc1ccccc1)C(C)(C)C)C(=O)O. The van der Waals surface area contributed by atoms with Gasteiger partial charge in [-0.3, -0.25) is 43.3 Å². The summed E-state index contributed by atoms with van der Waals surface area (Å²) in [6, 6.07) is 9.44. The number of aliphatic hydroxyl groups is 1. The molecule has 2 aliphatic rings. The number of carboxylic acid groups (broad SMARTS) is 1. The average molecular weight is 1110 g/mol. The number of aliphatic hydroxyl groups excluding tert-OH is 1. The van der Waals surface area contributed by atoms with Crippen molar-refractivity contribution in [2.75, 3.05) is 26.2 Å². The number of hydrogen-bond donors (Lipinski definition) is 8. The van der Waals surface area contributed by atoms with Crippen LogP contribution in [0.4, 0.5) is 8.78 Å². The Morgan fingerprint density at radius 3 is 2.21 bits per heavy atom. The molecule has 0 spiro atoms. The Balaban J connectivity index is 1.11. The van der Waals surface area contributed by atoms with Gasteiger partial charge in [0.15, 0.2) is 0 Å². The van der Waals surface area contributed by atoms with E-state index in [0.717, 1.165) is 28.7 Å². The molecule has 434 valence electrons. The molecule has 3 aromatic rings. The Hall–Kier alpha value is -7.75. The van der Waals surface area contributed by atoms with Gasteiger partial charge in [-0.05, 0) is 99.1 Å². The van der Waals surface area contributed by atoms with Crippen molar-refractivity contribution in [3.05, 3.63) is 108 Å². The van der Waals surface area contributed by atoms with Crippen LogP contribution in [-0.4, -0.2) is 128 Å². The number of nitrogens with two attached hydrogens (primary N) is 1. The third-order valence-electron chi connectivity index (χ3n) is 14.2. The molecule has 80 heavy (non-hydrogen) atoms. The van der Waals surface area contributed by atoms with E-state index in [-0.39, 0.29) is 73.8 Å². The number of imide groups is 1. The number of rotatable bonds is 29. The molecule has 0 bridgehead atoms. The summed E-state index contributed by atoms with van der Waals surface area (Å²) in [6.45, 7) is 10.1. The molecule has 0 saturated heterocycles. The molecule has 0 radical (unpaired) electrons. The van der Waals surface area contributed by atoms with Crippen LogP contribution >= 0.6 is 0 Å². The van der Waals surface area contributed by atoms with Crippen LogP contribution in [0.2, 0.25) is 0 Å². The van der Waals surface area contributed by atoms with Crippen LogP contribution in [0, 0.1) is 28.9 Å². The van der Waals surface area contributed by atoms with E-state index in [4.69, 9.17) is 5.73 Å². The molecule has 2 aromatic carbocycles. The van der Waals surface area contributed by atoms with Gasteiger partial charge in [-0.1, -0.05) is 77.8 Å². The van der Waals surface area contributed by atoms with Crippen molar-refractivity contribution >= 4 is 53.2 Å². The summed E-state index contributed by atoms with van der Waals surface area (Å²) < 4.78 is 31.5. The lowest BCUT2D eigenvalue weighted by molar-refractivity contribution is -0.142. The molecule has 1 aromatic heterocycles. The summed E-state index contributed by atoms with van der Waals surface area (Å²) in [6.07, 6.45) is 9.28. The highest BCUT2D eigenvalue weighted by Gasteiger charge is 2.38. The van der Waals surface area contributed by atoms with Crippen LogP contribution in [0.25, 0.3) is 11.1 Å². The summed E-state index contributed by atoms with van der Waals surface area (Å²) in [5, 5.41) is 33.6. The lowest BCUT2D eigenvalue weighted by Gasteiger charge is -2.40. The van der Waals surface area contributed by atoms with Crippen molar-refractivity contribution in [3.63, 3.8) is 0 Å². The van der Waals surface area contributed by atoms with E-state index in [2.05, 4.69) is 26.6 Å². The first-order chi connectivity index (χ1) is 37.9. The summed E-state index contributed by atoms with van der Waals surface area (Å²) in [5.41, 5.74) is 7.21. The predicted octanol–water partition coefficient (Wildman–Crippen LogP) is 4.50. The summed E-state index contributed by atoms with van der Waals surface area (Å²) in [4.78, 5) is 118. The molecule has 0 unspecified atom stereocenters. The summed E-state index contributed by atoms with van der Waals surface area (Å²) >= 11 is 0. The number of unbranched alkanes of at least 4 members (excludes halogenated alkanes) is 3. The number of aliphatic carboxylic acids is 1. The number of nitrogens with one attached hydrogen (secondary N) is 5. The van der Waals surface area contributed by atoms with Gasteiger partial charge in [-0.2, -0.15) is 0 Å². The Bertz CT molecular complexity index is 2760. The van der Waals surface area contributed by atoms with E-state index in [0.29, 0.717) is 62.7 Å². The van der Waals surface area contributed by atoms with Crippen molar-refractivity contribution < 1.29 is 62.1 Å². The third kappa shape index (κ3) is 17.9. The topological polar surface area (TPSA) is 292 Å². The van der Waals surface area contributed by atoms with Crippen molar-refractivity contribution in [2.45, 2.75) is 143 Å². The standard InChI is InChI=1S/C58H77F2N9O11/c1-35(2)51(66-47(71)21-11-8-14-28-68-48(72)24-25-49(68)73)56(78)63-36(3)53(75)65-45(57(79)80)19-12-13-27-62-54(76)40-18-15-20-44(40)64-55(77)43(61)26-29-69(50(74)34-70)52(58(4,5)6)46-30-38(41-31-39(59)22-23-42(41)60)33-67(46)32-37-16-9-7-10-17-37/h7,9-10,16-17,22-26,30-31,33,35-36,40,44-45,51-52,70H,8,11-15,18-21,27-29,32,34,61H2,1-6H3,(H,62,76)(H,63,78)(H,64,77)(H,65,75)(H,66,71)(H,79,80)/b43-26+/t36-,40+,44-,45-,51-,52-/m0/s1. The first-order valence-corrected chi connectivity index (χ1v) is 27.2. The minimum Gasteiger partial charge on any atom is -0.480 e. The lowest BCUT2D eigenvalue weighted by Crippen LogP contribution is -2.56. The van der Waals surface area contributed by atoms with Gasteiger partial charge >= 0.3 is 5.97 Å². The van der Waals surface area contributed by atoms with E-state index in [1.807, 2.05) is 55.7 Å². The second-order valence-electron chi connectivity index (χ2n) is 21.8. The number of aromatic nitrogens is 1. The second-order valence-corrected chi connectivity index (χ2v) is 21.8. The number of carboxylic acids is 1. The van der Waals surface area contributed by atoms with E-state index in [9.17, 15) is 57.8 Å². The van der Waals surface area contributed by atoms with E-state index >= 15 is 4.39 Å². The van der Waals surface area contributed by atoms with Crippen molar-refractivity contribution in [3.8, 4) is 11.1 Å². The maximum Gasteiger partial charge on any atom is 0.326 e. The molecular weight excluding hydrogens is 1040 g/mol. The zero-order valence-corrected chi connectivity index (χ0v) is 46.4. The quantitative estimate of drug-likeness (QED) is 0.0271.